The fourth-order valence-electron chi connectivity index (χ4n) is 4.08. The summed E-state index contributed by atoms with van der Waals surface area (Å²) in [7, 11) is 0. The Kier molecular flexibility index (Phi) is 5.45. The highest BCUT2D eigenvalue weighted by atomic mass is 16.4. The first-order valence-corrected chi connectivity index (χ1v) is 10.2. The van der Waals surface area contributed by atoms with E-state index in [1.807, 2.05) is 66.2 Å². The molecule has 1 fully saturated rings. The van der Waals surface area contributed by atoms with Crippen LogP contribution in [0.3, 0.4) is 0 Å². The summed E-state index contributed by atoms with van der Waals surface area (Å²) >= 11 is 0. The summed E-state index contributed by atoms with van der Waals surface area (Å²) in [6, 6.07) is 17.5. The Balaban J connectivity index is 1.75. The molecular formula is C24H26N2O4. The van der Waals surface area contributed by atoms with Crippen molar-refractivity contribution in [2.45, 2.75) is 44.8 Å². The average molecular weight is 406 g/mol. The number of hydrogen-bond donors (Lipinski definition) is 3. The number of rotatable bonds is 5. The van der Waals surface area contributed by atoms with Gasteiger partial charge in [-0.15, -0.1) is 0 Å². The van der Waals surface area contributed by atoms with Gasteiger partial charge in [-0.3, -0.25) is 4.79 Å². The van der Waals surface area contributed by atoms with E-state index in [9.17, 15) is 20.1 Å². The van der Waals surface area contributed by atoms with Crippen LogP contribution < -0.4 is 0 Å². The van der Waals surface area contributed by atoms with Gasteiger partial charge < -0.3 is 15.3 Å². The lowest BCUT2D eigenvalue weighted by Gasteiger charge is -2.33. The van der Waals surface area contributed by atoms with Crippen molar-refractivity contribution in [3.8, 4) is 16.9 Å². The monoisotopic (exact) mass is 406 g/mol. The normalized spacial score (nSPS) is 21.5. The molecule has 6 nitrogen and oxygen atoms in total. The molecule has 0 spiro atoms. The standard InChI is InChI=1S/C24H26N2O4/c1-16-2-6-18(7-3-16)21-14-22(24(30)12-10-19(11-13-24)23(28)29)25-26(21)20-8-4-17(15-27)5-9-20/h2-9,14,19,27,30H,10-13,15H2,1H3,(H,28,29). The maximum absolute atomic E-state index is 11.3. The zero-order chi connectivity index (χ0) is 21.3. The Morgan fingerprint density at radius 3 is 2.30 bits per heavy atom. The van der Waals surface area contributed by atoms with E-state index < -0.39 is 17.5 Å². The summed E-state index contributed by atoms with van der Waals surface area (Å²) in [6.45, 7) is 2.00. The van der Waals surface area contributed by atoms with Crippen molar-refractivity contribution in [1.29, 1.82) is 0 Å². The van der Waals surface area contributed by atoms with Crippen molar-refractivity contribution < 1.29 is 20.1 Å². The first-order chi connectivity index (χ1) is 14.4. The molecule has 1 saturated carbocycles. The van der Waals surface area contributed by atoms with E-state index in [1.54, 1.807) is 0 Å². The second-order valence-electron chi connectivity index (χ2n) is 8.16. The molecular weight excluding hydrogens is 380 g/mol. The molecule has 0 amide bonds. The average Bonchev–Trinajstić information content (AvgIpc) is 3.21. The molecule has 1 aliphatic rings. The molecule has 0 bridgehead atoms. The summed E-state index contributed by atoms with van der Waals surface area (Å²) in [5.41, 5.74) is 4.06. The Hall–Kier alpha value is -2.96. The molecule has 0 saturated heterocycles. The van der Waals surface area contributed by atoms with Crippen LogP contribution >= 0.6 is 0 Å². The Bertz CT molecular complexity index is 1030. The lowest BCUT2D eigenvalue weighted by molar-refractivity contribution is -0.145. The number of hydrogen-bond acceptors (Lipinski definition) is 4. The Labute approximate surface area is 175 Å². The largest absolute Gasteiger partial charge is 0.481 e. The third-order valence-electron chi connectivity index (χ3n) is 6.06. The van der Waals surface area contributed by atoms with E-state index in [2.05, 4.69) is 0 Å². The topological polar surface area (TPSA) is 95.6 Å². The number of aromatic nitrogens is 2. The molecule has 6 heteroatoms. The molecule has 156 valence electrons. The summed E-state index contributed by atoms with van der Waals surface area (Å²) in [5, 5.41) is 34.7. The molecule has 3 N–H and O–H groups in total. The molecule has 2 aromatic carbocycles. The van der Waals surface area contributed by atoms with Crippen LogP contribution in [0.25, 0.3) is 16.9 Å². The number of aliphatic hydroxyl groups excluding tert-OH is 1. The molecule has 0 atom stereocenters. The predicted octanol–water partition coefficient (Wildman–Crippen LogP) is 3.80. The molecule has 3 aromatic rings. The Morgan fingerprint density at radius 1 is 1.10 bits per heavy atom. The van der Waals surface area contributed by atoms with Gasteiger partial charge in [-0.1, -0.05) is 42.0 Å². The minimum Gasteiger partial charge on any atom is -0.481 e. The van der Waals surface area contributed by atoms with Crippen molar-refractivity contribution in [1.82, 2.24) is 9.78 Å². The van der Waals surface area contributed by atoms with Crippen LogP contribution in [0.15, 0.2) is 54.6 Å². The van der Waals surface area contributed by atoms with Gasteiger partial charge in [-0.25, -0.2) is 4.68 Å². The minimum atomic E-state index is -1.14. The van der Waals surface area contributed by atoms with Crippen LogP contribution in [-0.2, 0) is 17.0 Å². The lowest BCUT2D eigenvalue weighted by atomic mass is 9.77. The molecule has 0 unspecified atom stereocenters. The zero-order valence-electron chi connectivity index (χ0n) is 17.0. The van der Waals surface area contributed by atoms with Gasteiger partial charge in [0, 0.05) is 5.56 Å². The number of nitrogens with zero attached hydrogens (tertiary/aromatic N) is 2. The highest BCUT2D eigenvalue weighted by molar-refractivity contribution is 5.70. The minimum absolute atomic E-state index is 0.0278. The Morgan fingerprint density at radius 2 is 1.73 bits per heavy atom. The number of aliphatic carboxylic acids is 1. The van der Waals surface area contributed by atoms with Crippen LogP contribution in [0.5, 0.6) is 0 Å². The molecule has 30 heavy (non-hydrogen) atoms. The van der Waals surface area contributed by atoms with E-state index in [0.29, 0.717) is 31.4 Å². The third-order valence-corrected chi connectivity index (χ3v) is 6.06. The molecule has 0 radical (unpaired) electrons. The van der Waals surface area contributed by atoms with Crippen LogP contribution in [0.2, 0.25) is 0 Å². The third kappa shape index (κ3) is 3.88. The fraction of sp³-hybridized carbons (Fsp3) is 0.333. The van der Waals surface area contributed by atoms with Crippen LogP contribution in [0.1, 0.15) is 42.5 Å². The number of carbonyl (C=O) groups is 1. The van der Waals surface area contributed by atoms with E-state index in [-0.39, 0.29) is 6.61 Å². The number of aliphatic hydroxyl groups is 2. The van der Waals surface area contributed by atoms with E-state index in [4.69, 9.17) is 5.10 Å². The second-order valence-corrected chi connectivity index (χ2v) is 8.16. The van der Waals surface area contributed by atoms with Gasteiger partial charge in [0.05, 0.1) is 29.6 Å². The van der Waals surface area contributed by atoms with E-state index in [0.717, 1.165) is 28.1 Å². The van der Waals surface area contributed by atoms with Crippen LogP contribution in [-0.4, -0.2) is 31.1 Å². The number of carboxylic acid groups (broad SMARTS) is 1. The van der Waals surface area contributed by atoms with Crippen LogP contribution in [0.4, 0.5) is 0 Å². The smallest absolute Gasteiger partial charge is 0.306 e. The fourth-order valence-corrected chi connectivity index (χ4v) is 4.08. The first-order valence-electron chi connectivity index (χ1n) is 10.2. The second kappa shape index (κ2) is 8.05. The summed E-state index contributed by atoms with van der Waals surface area (Å²) in [6.07, 6.45) is 1.61. The summed E-state index contributed by atoms with van der Waals surface area (Å²) in [5.74, 6) is -1.21. The quantitative estimate of drug-likeness (QED) is 0.599. The number of carboxylic acids is 1. The van der Waals surface area contributed by atoms with Gasteiger partial charge in [-0.2, -0.15) is 5.10 Å². The van der Waals surface area contributed by atoms with E-state index >= 15 is 0 Å². The molecule has 1 heterocycles. The maximum Gasteiger partial charge on any atom is 0.306 e. The SMILES string of the molecule is Cc1ccc(-c2cc(C3(O)CCC(C(=O)O)CC3)nn2-c2ccc(CO)cc2)cc1. The van der Waals surface area contributed by atoms with Crippen molar-refractivity contribution in [3.05, 3.63) is 71.4 Å². The lowest BCUT2D eigenvalue weighted by Crippen LogP contribution is -2.34. The summed E-state index contributed by atoms with van der Waals surface area (Å²) < 4.78 is 1.81. The van der Waals surface area contributed by atoms with Gasteiger partial charge in [0.2, 0.25) is 0 Å². The van der Waals surface area contributed by atoms with Gasteiger partial charge in [0.1, 0.15) is 5.60 Å². The van der Waals surface area contributed by atoms with Crippen molar-refractivity contribution in [3.63, 3.8) is 0 Å². The molecule has 4 rings (SSSR count). The number of benzene rings is 2. The summed E-state index contributed by atoms with van der Waals surface area (Å²) in [4.78, 5) is 11.3. The van der Waals surface area contributed by atoms with Gasteiger partial charge in [-0.05, 0) is 56.4 Å². The van der Waals surface area contributed by atoms with Crippen molar-refractivity contribution in [2.24, 2.45) is 5.92 Å². The number of aryl methyl sites for hydroxylation is 1. The van der Waals surface area contributed by atoms with Crippen molar-refractivity contribution >= 4 is 5.97 Å². The van der Waals surface area contributed by atoms with Gasteiger partial charge >= 0.3 is 5.97 Å². The van der Waals surface area contributed by atoms with Gasteiger partial charge in [0.25, 0.3) is 0 Å². The molecule has 1 aromatic heterocycles. The molecule has 1 aliphatic carbocycles. The van der Waals surface area contributed by atoms with E-state index in [1.165, 1.54) is 0 Å². The maximum atomic E-state index is 11.3. The highest BCUT2D eigenvalue weighted by Gasteiger charge is 2.39. The molecule has 0 aliphatic heterocycles. The van der Waals surface area contributed by atoms with Gasteiger partial charge in [0.15, 0.2) is 0 Å². The first kappa shape index (κ1) is 20.3. The predicted molar refractivity (Wildman–Crippen MR) is 113 cm³/mol. The highest BCUT2D eigenvalue weighted by Crippen LogP contribution is 2.40. The zero-order valence-corrected chi connectivity index (χ0v) is 17.0. The van der Waals surface area contributed by atoms with Crippen LogP contribution in [0, 0.1) is 12.8 Å². The van der Waals surface area contributed by atoms with Crippen molar-refractivity contribution in [2.75, 3.05) is 0 Å².